The molecule has 24 heavy (non-hydrogen) atoms. The van der Waals surface area contributed by atoms with Gasteiger partial charge in [-0.15, -0.1) is 0 Å². The summed E-state index contributed by atoms with van der Waals surface area (Å²) in [5, 5.41) is 4.74. The summed E-state index contributed by atoms with van der Waals surface area (Å²) in [7, 11) is -1.89. The fourth-order valence-electron chi connectivity index (χ4n) is 2.02. The van der Waals surface area contributed by atoms with E-state index in [9.17, 15) is 8.42 Å². The minimum Gasteiger partial charge on any atom is -0.338 e. The molecule has 0 radical (unpaired) electrons. The van der Waals surface area contributed by atoms with Crippen molar-refractivity contribution in [2.45, 2.75) is 11.5 Å². The van der Waals surface area contributed by atoms with Crippen molar-refractivity contribution in [1.82, 2.24) is 19.7 Å². The first-order valence-corrected chi connectivity index (χ1v) is 9.37. The summed E-state index contributed by atoms with van der Waals surface area (Å²) in [6.45, 7) is 0. The van der Waals surface area contributed by atoms with Crippen molar-refractivity contribution >= 4 is 33.0 Å². The molecular weight excluding hydrogens is 375 g/mol. The number of aromatic nitrogens is 4. The lowest BCUT2D eigenvalue weighted by Crippen LogP contribution is -2.11. The molecule has 0 atom stereocenters. The van der Waals surface area contributed by atoms with Crippen LogP contribution in [0.25, 0.3) is 11.4 Å². The van der Waals surface area contributed by atoms with Crippen molar-refractivity contribution in [1.29, 1.82) is 0 Å². The number of hydrogen-bond acceptors (Lipinski definition) is 6. The Morgan fingerprint density at radius 2 is 1.88 bits per heavy atom. The lowest BCUT2D eigenvalue weighted by molar-refractivity contribution is 0.389. The standard InChI is InChI=1S/C14H12Cl2N4O3S/c1-20-11(16)6-17-12(20)7-24(21,22)8-13-18-14(19-23-13)9-2-4-10(15)5-3-9/h2-6H,7-8H2,1H3. The zero-order valence-electron chi connectivity index (χ0n) is 12.5. The maximum absolute atomic E-state index is 12.3. The highest BCUT2D eigenvalue weighted by atomic mass is 35.5. The van der Waals surface area contributed by atoms with Gasteiger partial charge in [-0.1, -0.05) is 28.4 Å². The van der Waals surface area contributed by atoms with E-state index in [-0.39, 0.29) is 17.4 Å². The van der Waals surface area contributed by atoms with Crippen LogP contribution in [0.5, 0.6) is 0 Å². The molecule has 3 rings (SSSR count). The minimum atomic E-state index is -3.53. The van der Waals surface area contributed by atoms with E-state index in [0.717, 1.165) is 0 Å². The third-order valence-corrected chi connectivity index (χ3v) is 5.28. The largest absolute Gasteiger partial charge is 0.338 e. The highest BCUT2D eigenvalue weighted by Gasteiger charge is 2.21. The number of rotatable bonds is 5. The van der Waals surface area contributed by atoms with E-state index in [1.807, 2.05) is 0 Å². The molecule has 2 heterocycles. The monoisotopic (exact) mass is 386 g/mol. The quantitative estimate of drug-likeness (QED) is 0.669. The van der Waals surface area contributed by atoms with Crippen molar-refractivity contribution in [3.63, 3.8) is 0 Å². The Morgan fingerprint density at radius 3 is 2.50 bits per heavy atom. The van der Waals surface area contributed by atoms with E-state index in [1.165, 1.54) is 10.8 Å². The number of halogens is 2. The van der Waals surface area contributed by atoms with E-state index >= 15 is 0 Å². The third kappa shape index (κ3) is 3.77. The first-order chi connectivity index (χ1) is 11.3. The first kappa shape index (κ1) is 16.9. The molecule has 3 aromatic rings. The smallest absolute Gasteiger partial charge is 0.242 e. The number of imidazole rings is 1. The van der Waals surface area contributed by atoms with Crippen LogP contribution in [0.2, 0.25) is 10.2 Å². The molecule has 0 aliphatic rings. The number of benzene rings is 1. The maximum atomic E-state index is 12.3. The number of nitrogens with zero attached hydrogens (tertiary/aromatic N) is 4. The van der Waals surface area contributed by atoms with Crippen molar-refractivity contribution in [2.75, 3.05) is 0 Å². The summed E-state index contributed by atoms with van der Waals surface area (Å²) in [6, 6.07) is 6.83. The second-order valence-corrected chi connectivity index (χ2v) is 8.00. The SMILES string of the molecule is Cn1c(Cl)cnc1CS(=O)(=O)Cc1nc(-c2ccc(Cl)cc2)no1. The van der Waals surface area contributed by atoms with E-state index in [4.69, 9.17) is 27.7 Å². The van der Waals surface area contributed by atoms with Gasteiger partial charge in [0.15, 0.2) is 9.84 Å². The second-order valence-electron chi connectivity index (χ2n) is 5.11. The summed E-state index contributed by atoms with van der Waals surface area (Å²) in [5.74, 6) is 0.0158. The average molecular weight is 387 g/mol. The minimum absolute atomic E-state index is 0.0141. The van der Waals surface area contributed by atoms with Crippen molar-refractivity contribution in [3.8, 4) is 11.4 Å². The molecule has 0 unspecified atom stereocenters. The van der Waals surface area contributed by atoms with Gasteiger partial charge in [0.05, 0.1) is 6.20 Å². The van der Waals surface area contributed by atoms with E-state index in [0.29, 0.717) is 27.4 Å². The van der Waals surface area contributed by atoms with Crippen LogP contribution in [0, 0.1) is 0 Å². The maximum Gasteiger partial charge on any atom is 0.242 e. The third-order valence-electron chi connectivity index (χ3n) is 3.29. The van der Waals surface area contributed by atoms with Crippen LogP contribution >= 0.6 is 23.2 Å². The fraction of sp³-hybridized carbons (Fsp3) is 0.214. The van der Waals surface area contributed by atoms with E-state index in [2.05, 4.69) is 15.1 Å². The molecule has 7 nitrogen and oxygen atoms in total. The lowest BCUT2D eigenvalue weighted by Gasteiger charge is -2.02. The van der Waals surface area contributed by atoms with Gasteiger partial charge in [0, 0.05) is 17.6 Å². The average Bonchev–Trinajstić information content (AvgIpc) is 3.09. The van der Waals surface area contributed by atoms with Crippen molar-refractivity contribution in [3.05, 3.63) is 52.4 Å². The number of sulfone groups is 1. The van der Waals surface area contributed by atoms with Crippen LogP contribution in [0.4, 0.5) is 0 Å². The molecule has 1 aromatic carbocycles. The zero-order chi connectivity index (χ0) is 17.3. The molecular formula is C14H12Cl2N4O3S. The predicted molar refractivity (Wildman–Crippen MR) is 89.3 cm³/mol. The van der Waals surface area contributed by atoms with E-state index in [1.54, 1.807) is 31.3 Å². The van der Waals surface area contributed by atoms with Crippen molar-refractivity contribution < 1.29 is 12.9 Å². The molecule has 0 bridgehead atoms. The molecule has 0 aliphatic heterocycles. The van der Waals surface area contributed by atoms with Gasteiger partial charge in [0.25, 0.3) is 0 Å². The molecule has 0 saturated heterocycles. The van der Waals surface area contributed by atoms with E-state index < -0.39 is 9.84 Å². The Kier molecular flexibility index (Phi) is 4.62. The van der Waals surface area contributed by atoms with Gasteiger partial charge in [-0.05, 0) is 24.3 Å². The summed E-state index contributed by atoms with van der Waals surface area (Å²) >= 11 is 11.7. The highest BCUT2D eigenvalue weighted by Crippen LogP contribution is 2.20. The summed E-state index contributed by atoms with van der Waals surface area (Å²) in [5.41, 5.74) is 0.683. The molecule has 126 valence electrons. The van der Waals surface area contributed by atoms with Gasteiger partial charge >= 0.3 is 0 Å². The molecule has 2 aromatic heterocycles. The van der Waals surface area contributed by atoms with Gasteiger partial charge in [-0.3, -0.25) is 0 Å². The molecule has 0 aliphatic carbocycles. The predicted octanol–water partition coefficient (Wildman–Crippen LogP) is 2.89. The second kappa shape index (κ2) is 6.54. The Labute approximate surface area is 148 Å². The Hall–Kier alpha value is -1.90. The van der Waals surface area contributed by atoms with Gasteiger partial charge in [0.2, 0.25) is 11.7 Å². The highest BCUT2D eigenvalue weighted by molar-refractivity contribution is 7.89. The van der Waals surface area contributed by atoms with Gasteiger partial charge in [0.1, 0.15) is 22.5 Å². The Balaban J connectivity index is 1.76. The molecule has 0 fully saturated rings. The van der Waals surface area contributed by atoms with Crippen LogP contribution in [0.15, 0.2) is 35.0 Å². The van der Waals surface area contributed by atoms with Crippen LogP contribution < -0.4 is 0 Å². The summed E-state index contributed by atoms with van der Waals surface area (Å²) in [4.78, 5) is 8.09. The van der Waals surface area contributed by atoms with Crippen LogP contribution in [0.1, 0.15) is 11.7 Å². The topological polar surface area (TPSA) is 90.9 Å². The summed E-state index contributed by atoms with van der Waals surface area (Å²) in [6.07, 6.45) is 1.40. The number of hydrogen-bond donors (Lipinski definition) is 0. The van der Waals surface area contributed by atoms with Crippen molar-refractivity contribution in [2.24, 2.45) is 7.05 Å². The fourth-order valence-corrected chi connectivity index (χ4v) is 3.55. The van der Waals surface area contributed by atoms with Crippen LogP contribution in [-0.4, -0.2) is 28.1 Å². The molecule has 0 saturated carbocycles. The summed E-state index contributed by atoms with van der Waals surface area (Å²) < 4.78 is 31.1. The molecule has 0 N–H and O–H groups in total. The Bertz CT molecular complexity index is 964. The normalized spacial score (nSPS) is 11.8. The first-order valence-electron chi connectivity index (χ1n) is 6.79. The van der Waals surface area contributed by atoms with Crippen LogP contribution in [0.3, 0.4) is 0 Å². The van der Waals surface area contributed by atoms with Crippen LogP contribution in [-0.2, 0) is 28.4 Å². The Morgan fingerprint density at radius 1 is 1.17 bits per heavy atom. The van der Waals surface area contributed by atoms with Gasteiger partial charge < -0.3 is 9.09 Å². The zero-order valence-corrected chi connectivity index (χ0v) is 14.8. The molecule has 0 spiro atoms. The van der Waals surface area contributed by atoms with Gasteiger partial charge in [-0.25, -0.2) is 13.4 Å². The molecule has 0 amide bonds. The molecule has 10 heteroatoms. The van der Waals surface area contributed by atoms with Gasteiger partial charge in [-0.2, -0.15) is 4.98 Å². The lowest BCUT2D eigenvalue weighted by atomic mass is 10.2.